The Kier molecular flexibility index (Phi) is 6.59. The molecular formula is C18H16BrN3O3S2. The zero-order chi connectivity index (χ0) is 19.2. The van der Waals surface area contributed by atoms with Gasteiger partial charge in [-0.25, -0.2) is 4.98 Å². The summed E-state index contributed by atoms with van der Waals surface area (Å²) in [5.74, 6) is 0.124. The first-order valence-electron chi connectivity index (χ1n) is 7.93. The molecular weight excluding hydrogens is 450 g/mol. The Morgan fingerprint density at radius 2 is 1.93 bits per heavy atom. The summed E-state index contributed by atoms with van der Waals surface area (Å²) in [5, 5.41) is 9.78. The maximum absolute atomic E-state index is 12.2. The van der Waals surface area contributed by atoms with Crippen molar-refractivity contribution in [2.24, 2.45) is 0 Å². The van der Waals surface area contributed by atoms with Gasteiger partial charge in [0.1, 0.15) is 16.5 Å². The summed E-state index contributed by atoms with van der Waals surface area (Å²) in [4.78, 5) is 29.4. The molecule has 0 bridgehead atoms. The fourth-order valence-corrected chi connectivity index (χ4v) is 4.48. The highest BCUT2D eigenvalue weighted by atomic mass is 79.9. The van der Waals surface area contributed by atoms with Crippen molar-refractivity contribution in [2.45, 2.75) is 6.54 Å². The molecule has 2 aromatic heterocycles. The van der Waals surface area contributed by atoms with Crippen LogP contribution in [0.25, 0.3) is 9.88 Å². The van der Waals surface area contributed by atoms with Crippen LogP contribution in [0.4, 0.5) is 0 Å². The van der Waals surface area contributed by atoms with E-state index in [-0.39, 0.29) is 18.4 Å². The smallest absolute Gasteiger partial charge is 0.271 e. The lowest BCUT2D eigenvalue weighted by atomic mass is 10.2. The van der Waals surface area contributed by atoms with Crippen LogP contribution in [-0.2, 0) is 11.3 Å². The molecule has 0 spiro atoms. The van der Waals surface area contributed by atoms with E-state index < -0.39 is 0 Å². The summed E-state index contributed by atoms with van der Waals surface area (Å²) in [6.45, 7) is 0.277. The Morgan fingerprint density at radius 3 is 2.59 bits per heavy atom. The average molecular weight is 466 g/mol. The molecule has 3 rings (SSSR count). The Hall–Kier alpha value is -2.23. The van der Waals surface area contributed by atoms with Gasteiger partial charge in [0.2, 0.25) is 5.91 Å². The molecule has 0 saturated carbocycles. The first-order valence-corrected chi connectivity index (χ1v) is 10.5. The van der Waals surface area contributed by atoms with Crippen LogP contribution in [0.15, 0.2) is 45.6 Å². The monoisotopic (exact) mass is 465 g/mol. The first-order chi connectivity index (χ1) is 13.0. The molecule has 27 heavy (non-hydrogen) atoms. The molecule has 3 aromatic rings. The van der Waals surface area contributed by atoms with E-state index in [0.29, 0.717) is 12.2 Å². The molecule has 2 heterocycles. The molecule has 0 radical (unpaired) electrons. The SMILES string of the molecule is COc1ccc(CNC(=O)CNC(=O)c2csc(-c3cc(Br)cs3)n2)cc1. The van der Waals surface area contributed by atoms with E-state index in [2.05, 4.69) is 31.5 Å². The van der Waals surface area contributed by atoms with Crippen molar-refractivity contribution in [3.63, 3.8) is 0 Å². The lowest BCUT2D eigenvalue weighted by Crippen LogP contribution is -2.36. The number of rotatable bonds is 7. The number of ether oxygens (including phenoxy) is 1. The van der Waals surface area contributed by atoms with Crippen LogP contribution in [0, 0.1) is 0 Å². The predicted molar refractivity (Wildman–Crippen MR) is 110 cm³/mol. The normalized spacial score (nSPS) is 10.4. The third-order valence-corrected chi connectivity index (χ3v) is 6.28. The molecule has 0 atom stereocenters. The van der Waals surface area contributed by atoms with E-state index >= 15 is 0 Å². The molecule has 0 aliphatic carbocycles. The van der Waals surface area contributed by atoms with E-state index in [4.69, 9.17) is 4.74 Å². The van der Waals surface area contributed by atoms with Crippen LogP contribution in [-0.4, -0.2) is 30.5 Å². The summed E-state index contributed by atoms with van der Waals surface area (Å²) in [6, 6.07) is 9.36. The van der Waals surface area contributed by atoms with E-state index in [1.54, 1.807) is 23.8 Å². The van der Waals surface area contributed by atoms with Crippen LogP contribution >= 0.6 is 38.6 Å². The van der Waals surface area contributed by atoms with Crippen molar-refractivity contribution >= 4 is 50.4 Å². The number of thiophene rings is 1. The minimum atomic E-state index is -0.368. The van der Waals surface area contributed by atoms with Gasteiger partial charge in [0.05, 0.1) is 18.5 Å². The highest BCUT2D eigenvalue weighted by Gasteiger charge is 2.14. The number of hydrogen-bond donors (Lipinski definition) is 2. The van der Waals surface area contributed by atoms with Gasteiger partial charge in [0.25, 0.3) is 5.91 Å². The van der Waals surface area contributed by atoms with Gasteiger partial charge < -0.3 is 15.4 Å². The van der Waals surface area contributed by atoms with Crippen LogP contribution in [0.3, 0.4) is 0 Å². The number of amides is 2. The molecule has 0 saturated heterocycles. The number of hydrogen-bond acceptors (Lipinski definition) is 6. The lowest BCUT2D eigenvalue weighted by Gasteiger charge is -2.07. The predicted octanol–water partition coefficient (Wildman–Crippen LogP) is 3.69. The van der Waals surface area contributed by atoms with Gasteiger partial charge >= 0.3 is 0 Å². The zero-order valence-electron chi connectivity index (χ0n) is 14.3. The number of thiazole rings is 1. The van der Waals surface area contributed by atoms with Crippen molar-refractivity contribution in [1.29, 1.82) is 0 Å². The Bertz CT molecular complexity index is 937. The van der Waals surface area contributed by atoms with Crippen LogP contribution in [0.5, 0.6) is 5.75 Å². The molecule has 2 amide bonds. The van der Waals surface area contributed by atoms with Gasteiger partial charge in [-0.15, -0.1) is 22.7 Å². The number of methoxy groups -OCH3 is 1. The Morgan fingerprint density at radius 1 is 1.15 bits per heavy atom. The summed E-state index contributed by atoms with van der Waals surface area (Å²) in [6.07, 6.45) is 0. The molecule has 0 aliphatic heterocycles. The minimum Gasteiger partial charge on any atom is -0.497 e. The molecule has 2 N–H and O–H groups in total. The summed E-state index contributed by atoms with van der Waals surface area (Å²) >= 11 is 6.35. The van der Waals surface area contributed by atoms with Crippen molar-refractivity contribution in [1.82, 2.24) is 15.6 Å². The molecule has 0 fully saturated rings. The number of carbonyl (C=O) groups excluding carboxylic acids is 2. The fourth-order valence-electron chi connectivity index (χ4n) is 2.17. The highest BCUT2D eigenvalue weighted by molar-refractivity contribution is 9.10. The topological polar surface area (TPSA) is 80.3 Å². The Labute approximate surface area is 172 Å². The standard InChI is InChI=1S/C18H16BrN3O3S2/c1-25-13-4-2-11(3-5-13)7-20-16(23)8-21-17(24)14-10-27-18(22-14)15-6-12(19)9-26-15/h2-6,9-10H,7-8H2,1H3,(H,20,23)(H,21,24). The molecule has 0 unspecified atom stereocenters. The van der Waals surface area contributed by atoms with Gasteiger partial charge in [-0.05, 0) is 39.7 Å². The largest absolute Gasteiger partial charge is 0.497 e. The van der Waals surface area contributed by atoms with E-state index in [0.717, 1.165) is 25.7 Å². The molecule has 6 nitrogen and oxygen atoms in total. The number of carbonyl (C=O) groups is 2. The number of nitrogens with zero attached hydrogens (tertiary/aromatic N) is 1. The van der Waals surface area contributed by atoms with E-state index in [9.17, 15) is 9.59 Å². The maximum Gasteiger partial charge on any atom is 0.271 e. The van der Waals surface area contributed by atoms with Gasteiger partial charge in [0.15, 0.2) is 0 Å². The van der Waals surface area contributed by atoms with Crippen molar-refractivity contribution in [3.8, 4) is 15.6 Å². The fraction of sp³-hybridized carbons (Fsp3) is 0.167. The number of aromatic nitrogens is 1. The molecule has 9 heteroatoms. The van der Waals surface area contributed by atoms with E-state index in [1.165, 1.54) is 11.3 Å². The van der Waals surface area contributed by atoms with Crippen LogP contribution < -0.4 is 15.4 Å². The minimum absolute atomic E-state index is 0.105. The summed E-state index contributed by atoms with van der Waals surface area (Å²) < 4.78 is 6.07. The van der Waals surface area contributed by atoms with Gasteiger partial charge in [0, 0.05) is 21.8 Å². The zero-order valence-corrected chi connectivity index (χ0v) is 17.5. The van der Waals surface area contributed by atoms with Crippen molar-refractivity contribution in [2.75, 3.05) is 13.7 Å². The quantitative estimate of drug-likeness (QED) is 0.557. The molecule has 0 aliphatic rings. The van der Waals surface area contributed by atoms with Gasteiger partial charge in [-0.1, -0.05) is 12.1 Å². The number of nitrogens with one attached hydrogen (secondary N) is 2. The second kappa shape index (κ2) is 9.12. The van der Waals surface area contributed by atoms with Crippen molar-refractivity contribution < 1.29 is 14.3 Å². The van der Waals surface area contributed by atoms with Crippen molar-refractivity contribution in [3.05, 3.63) is 56.8 Å². The summed E-state index contributed by atoms with van der Waals surface area (Å²) in [5.41, 5.74) is 1.25. The second-order valence-corrected chi connectivity index (χ2v) is 8.16. The number of benzene rings is 1. The number of halogens is 1. The second-order valence-electron chi connectivity index (χ2n) is 5.47. The first kappa shape index (κ1) is 19.5. The molecule has 1 aromatic carbocycles. The third-order valence-electron chi connectivity index (χ3n) is 3.57. The third kappa shape index (κ3) is 5.38. The van der Waals surface area contributed by atoms with Crippen LogP contribution in [0.2, 0.25) is 0 Å². The maximum atomic E-state index is 12.2. The lowest BCUT2D eigenvalue weighted by molar-refractivity contribution is -0.120. The Balaban J connectivity index is 1.47. The molecule has 140 valence electrons. The summed E-state index contributed by atoms with van der Waals surface area (Å²) in [7, 11) is 1.60. The van der Waals surface area contributed by atoms with Crippen LogP contribution in [0.1, 0.15) is 16.1 Å². The highest BCUT2D eigenvalue weighted by Crippen LogP contribution is 2.31. The van der Waals surface area contributed by atoms with Gasteiger partial charge in [-0.3, -0.25) is 9.59 Å². The average Bonchev–Trinajstić information content (AvgIpc) is 3.34. The van der Waals surface area contributed by atoms with Gasteiger partial charge in [-0.2, -0.15) is 0 Å². The van der Waals surface area contributed by atoms with E-state index in [1.807, 2.05) is 35.7 Å².